The number of imidazole rings is 1. The molecule has 0 spiro atoms. The molecule has 3 aromatic rings. The van der Waals surface area contributed by atoms with E-state index < -0.39 is 0 Å². The lowest BCUT2D eigenvalue weighted by atomic mass is 10.3. The Morgan fingerprint density at radius 2 is 2.05 bits per heavy atom. The number of para-hydroxylation sites is 2. The minimum absolute atomic E-state index is 0.235. The molecule has 3 rings (SSSR count). The Hall–Kier alpha value is -1.95. The topological polar surface area (TPSA) is 56.4 Å². The summed E-state index contributed by atoms with van der Waals surface area (Å²) in [5.41, 5.74) is 1.20. The van der Waals surface area contributed by atoms with Crippen molar-refractivity contribution in [1.82, 2.24) is 14.0 Å². The lowest BCUT2D eigenvalue weighted by Crippen LogP contribution is -2.35. The van der Waals surface area contributed by atoms with E-state index in [-0.39, 0.29) is 10.6 Å². The van der Waals surface area contributed by atoms with Crippen molar-refractivity contribution in [3.8, 4) is 0 Å². The van der Waals surface area contributed by atoms with Gasteiger partial charge in [0.1, 0.15) is 0 Å². The monoisotopic (exact) mass is 275 g/mol. The van der Waals surface area contributed by atoms with Crippen LogP contribution < -0.4 is 10.6 Å². The molecule has 1 aromatic carbocycles. The van der Waals surface area contributed by atoms with Gasteiger partial charge < -0.3 is 0 Å². The second kappa shape index (κ2) is 4.62. The third-order valence-corrected chi connectivity index (χ3v) is 3.94. The summed E-state index contributed by atoms with van der Waals surface area (Å²) in [4.78, 5) is 28.9. The highest BCUT2D eigenvalue weighted by Gasteiger charge is 2.12. The van der Waals surface area contributed by atoms with Crippen LogP contribution in [0.1, 0.15) is 19.8 Å². The number of benzene rings is 1. The molecule has 19 heavy (non-hydrogen) atoms. The lowest BCUT2D eigenvalue weighted by molar-refractivity contribution is 0.589. The fourth-order valence-electron chi connectivity index (χ4n) is 2.09. The van der Waals surface area contributed by atoms with E-state index >= 15 is 0 Å². The first-order valence-corrected chi connectivity index (χ1v) is 7.05. The molecule has 5 nitrogen and oxygen atoms in total. The first-order chi connectivity index (χ1) is 9.22. The van der Waals surface area contributed by atoms with Gasteiger partial charge in [-0.1, -0.05) is 25.5 Å². The van der Waals surface area contributed by atoms with Gasteiger partial charge in [-0.2, -0.15) is 0 Å². The number of hydrogen-bond donors (Lipinski definition) is 0. The fourth-order valence-corrected chi connectivity index (χ4v) is 2.94. The van der Waals surface area contributed by atoms with Crippen molar-refractivity contribution in [2.75, 3.05) is 0 Å². The molecule has 2 heterocycles. The predicted molar refractivity (Wildman–Crippen MR) is 76.0 cm³/mol. The van der Waals surface area contributed by atoms with Crippen molar-refractivity contribution in [2.45, 2.75) is 26.3 Å². The largest absolute Gasteiger partial charge is 0.338 e. The van der Waals surface area contributed by atoms with Crippen LogP contribution in [0.4, 0.5) is 0 Å². The number of nitrogens with zero attached hydrogens (tertiary/aromatic N) is 3. The first kappa shape index (κ1) is 12.1. The molecule has 98 valence electrons. The summed E-state index contributed by atoms with van der Waals surface area (Å²) in [7, 11) is 0. The molecule has 0 atom stereocenters. The van der Waals surface area contributed by atoms with Gasteiger partial charge in [-0.3, -0.25) is 9.36 Å². The zero-order valence-electron chi connectivity index (χ0n) is 10.5. The van der Waals surface area contributed by atoms with Crippen LogP contribution in [0, 0.1) is 0 Å². The van der Waals surface area contributed by atoms with Crippen molar-refractivity contribution in [1.29, 1.82) is 0 Å². The molecule has 0 N–H and O–H groups in total. The highest BCUT2D eigenvalue weighted by molar-refractivity contribution is 7.14. The molecule has 0 amide bonds. The molecule has 0 aliphatic heterocycles. The number of aromatic nitrogens is 3. The summed E-state index contributed by atoms with van der Waals surface area (Å²) in [6.07, 6.45) is 1.76. The summed E-state index contributed by atoms with van der Waals surface area (Å²) >= 11 is 1.02. The van der Waals surface area contributed by atoms with Gasteiger partial charge in [0.25, 0.3) is 0 Å². The molecule has 0 saturated carbocycles. The Kier molecular flexibility index (Phi) is 2.94. The summed E-state index contributed by atoms with van der Waals surface area (Å²) < 4.78 is 2.83. The van der Waals surface area contributed by atoms with Crippen LogP contribution in [-0.2, 0) is 6.54 Å². The van der Waals surface area contributed by atoms with E-state index in [1.807, 2.05) is 31.2 Å². The Labute approximate surface area is 112 Å². The van der Waals surface area contributed by atoms with Crippen LogP contribution >= 0.6 is 11.3 Å². The molecule has 0 fully saturated rings. The Morgan fingerprint density at radius 3 is 2.84 bits per heavy atom. The van der Waals surface area contributed by atoms with E-state index in [2.05, 4.69) is 4.98 Å². The van der Waals surface area contributed by atoms with Crippen LogP contribution in [0.25, 0.3) is 16.0 Å². The quantitative estimate of drug-likeness (QED) is 0.733. The van der Waals surface area contributed by atoms with Crippen molar-refractivity contribution < 1.29 is 0 Å². The Balaban J connectivity index is 2.39. The van der Waals surface area contributed by atoms with Crippen LogP contribution in [0.2, 0.25) is 0 Å². The van der Waals surface area contributed by atoms with Gasteiger partial charge in [-0.05, 0) is 29.9 Å². The van der Waals surface area contributed by atoms with E-state index in [1.54, 1.807) is 0 Å². The van der Waals surface area contributed by atoms with E-state index in [0.717, 1.165) is 35.2 Å². The van der Waals surface area contributed by atoms with E-state index in [1.165, 1.54) is 8.97 Å². The fraction of sp³-hybridized carbons (Fsp3) is 0.308. The second-order valence-corrected chi connectivity index (χ2v) is 5.29. The zero-order chi connectivity index (χ0) is 13.4. The molecule has 0 aliphatic carbocycles. The molecule has 0 saturated heterocycles. The lowest BCUT2D eigenvalue weighted by Gasteiger charge is -2.03. The molecule has 0 radical (unpaired) electrons. The molecule has 0 aliphatic rings. The summed E-state index contributed by atoms with van der Waals surface area (Å²) in [6.45, 7) is 2.50. The van der Waals surface area contributed by atoms with E-state index in [0.29, 0.717) is 11.5 Å². The van der Waals surface area contributed by atoms with Crippen molar-refractivity contribution in [2.24, 2.45) is 0 Å². The molecule has 0 bridgehead atoms. The number of unbranched alkanes of at least 4 members (excludes halogenated alkanes) is 1. The van der Waals surface area contributed by atoms with Gasteiger partial charge in [0.2, 0.25) is 4.96 Å². The molecule has 0 unspecified atom stereocenters. The molecular formula is C13H13N3O2S. The van der Waals surface area contributed by atoms with Crippen LogP contribution in [0.15, 0.2) is 33.9 Å². The Morgan fingerprint density at radius 1 is 1.26 bits per heavy atom. The number of fused-ring (bicyclic) bond motifs is 3. The van der Waals surface area contributed by atoms with Crippen LogP contribution in [0.3, 0.4) is 0 Å². The van der Waals surface area contributed by atoms with Gasteiger partial charge in [0.15, 0.2) is 0 Å². The number of hydrogen-bond acceptors (Lipinski definition) is 4. The summed E-state index contributed by atoms with van der Waals surface area (Å²) in [5.74, 6) is 0. The minimum Gasteiger partial charge on any atom is -0.256 e. The smallest absolute Gasteiger partial charge is 0.256 e. The third kappa shape index (κ3) is 1.88. The van der Waals surface area contributed by atoms with Gasteiger partial charge >= 0.3 is 10.6 Å². The second-order valence-electron chi connectivity index (χ2n) is 4.37. The van der Waals surface area contributed by atoms with Gasteiger partial charge in [0, 0.05) is 6.54 Å². The average Bonchev–Trinajstić information content (AvgIpc) is 2.76. The highest BCUT2D eigenvalue weighted by atomic mass is 32.1. The normalized spacial score (nSPS) is 11.4. The van der Waals surface area contributed by atoms with Crippen molar-refractivity contribution >= 4 is 27.3 Å². The number of rotatable bonds is 3. The average molecular weight is 275 g/mol. The predicted octanol–water partition coefficient (Wildman–Crippen LogP) is 1.87. The molecule has 2 aromatic heterocycles. The standard InChI is InChI=1S/C13H13N3O2S/c1-2-3-8-15-12(17)16-10-7-5-4-6-9(10)14-11(16)19-13(15)18/h4-7H,2-3,8H2,1H3. The minimum atomic E-state index is -0.291. The van der Waals surface area contributed by atoms with Crippen molar-refractivity contribution in [3.63, 3.8) is 0 Å². The molecule has 6 heteroatoms. The summed E-state index contributed by atoms with van der Waals surface area (Å²) in [6, 6.07) is 7.42. The first-order valence-electron chi connectivity index (χ1n) is 6.23. The maximum absolute atomic E-state index is 12.4. The third-order valence-electron chi connectivity index (χ3n) is 3.09. The SMILES string of the molecule is CCCCn1c(=O)sc2nc3ccccc3n2c1=O. The molecular weight excluding hydrogens is 262 g/mol. The van der Waals surface area contributed by atoms with Crippen LogP contribution in [0.5, 0.6) is 0 Å². The highest BCUT2D eigenvalue weighted by Crippen LogP contribution is 2.14. The maximum Gasteiger partial charge on any atom is 0.338 e. The zero-order valence-corrected chi connectivity index (χ0v) is 11.3. The van der Waals surface area contributed by atoms with Crippen LogP contribution in [-0.4, -0.2) is 14.0 Å². The van der Waals surface area contributed by atoms with E-state index in [4.69, 9.17) is 0 Å². The Bertz CT molecular complexity index is 860. The van der Waals surface area contributed by atoms with Gasteiger partial charge in [0.05, 0.1) is 11.0 Å². The summed E-state index contributed by atoms with van der Waals surface area (Å²) in [5, 5.41) is 0. The van der Waals surface area contributed by atoms with Gasteiger partial charge in [-0.25, -0.2) is 14.2 Å². The van der Waals surface area contributed by atoms with Gasteiger partial charge in [-0.15, -0.1) is 0 Å². The van der Waals surface area contributed by atoms with E-state index in [9.17, 15) is 9.59 Å². The van der Waals surface area contributed by atoms with Crippen molar-refractivity contribution in [3.05, 3.63) is 44.4 Å². The maximum atomic E-state index is 12.4.